The third-order valence-electron chi connectivity index (χ3n) is 2.35. The highest BCUT2D eigenvalue weighted by Gasteiger charge is 2.07. The molecule has 0 aliphatic carbocycles. The van der Waals surface area contributed by atoms with E-state index in [2.05, 4.69) is 20.9 Å². The van der Waals surface area contributed by atoms with Crippen molar-refractivity contribution in [3.63, 3.8) is 0 Å². The summed E-state index contributed by atoms with van der Waals surface area (Å²) in [4.78, 5) is 4.08. The number of pyridine rings is 1. The molecule has 3 N–H and O–H groups in total. The van der Waals surface area contributed by atoms with E-state index >= 15 is 0 Å². The van der Waals surface area contributed by atoms with Crippen molar-refractivity contribution in [2.24, 2.45) is 5.73 Å². The van der Waals surface area contributed by atoms with Crippen LogP contribution in [0.1, 0.15) is 11.1 Å². The number of nitrogens with two attached hydrogens (primary N) is 1. The van der Waals surface area contributed by atoms with Crippen LogP contribution in [-0.4, -0.2) is 10.8 Å². The molecule has 4 nitrogen and oxygen atoms in total. The Morgan fingerprint density at radius 3 is 2.58 bits per heavy atom. The van der Waals surface area contributed by atoms with Crippen LogP contribution in [0.15, 0.2) is 47.1 Å². The molecule has 2 aromatic rings. The van der Waals surface area contributed by atoms with E-state index in [1.807, 2.05) is 24.3 Å². The number of aromatic nitrogens is 1. The number of halogens is 2. The molecule has 0 radical (unpaired) electrons. The highest BCUT2D eigenvalue weighted by atomic mass is 79.9. The number of ether oxygens (including phenoxy) is 1. The lowest BCUT2D eigenvalue weighted by molar-refractivity contribution is 0.293. The summed E-state index contributed by atoms with van der Waals surface area (Å²) in [5, 5.41) is 7.44. The average molecular weight is 343 g/mol. The van der Waals surface area contributed by atoms with Gasteiger partial charge >= 0.3 is 0 Å². The molecule has 19 heavy (non-hydrogen) atoms. The third kappa shape index (κ3) is 4.22. The SMILES string of the molecule is Cl.N=C(N)c1cccnc1OCc1ccc(Br)cc1. The fourth-order valence-electron chi connectivity index (χ4n) is 1.44. The Balaban J connectivity index is 0.00000180. The van der Waals surface area contributed by atoms with Crippen molar-refractivity contribution in [3.05, 3.63) is 58.2 Å². The van der Waals surface area contributed by atoms with Gasteiger partial charge in [0.1, 0.15) is 12.4 Å². The van der Waals surface area contributed by atoms with Crippen molar-refractivity contribution in [1.29, 1.82) is 5.41 Å². The number of rotatable bonds is 4. The molecule has 0 atom stereocenters. The zero-order valence-electron chi connectivity index (χ0n) is 9.97. The van der Waals surface area contributed by atoms with Crippen LogP contribution in [0.5, 0.6) is 5.88 Å². The summed E-state index contributed by atoms with van der Waals surface area (Å²) in [6, 6.07) is 11.3. The van der Waals surface area contributed by atoms with Gasteiger partial charge in [-0.3, -0.25) is 5.41 Å². The number of amidine groups is 1. The Bertz CT molecular complexity index is 560. The van der Waals surface area contributed by atoms with Crippen LogP contribution < -0.4 is 10.5 Å². The third-order valence-corrected chi connectivity index (χ3v) is 2.88. The molecule has 2 rings (SSSR count). The molecule has 0 aliphatic heterocycles. The zero-order valence-corrected chi connectivity index (χ0v) is 12.4. The van der Waals surface area contributed by atoms with Crippen LogP contribution >= 0.6 is 28.3 Å². The molecule has 1 heterocycles. The summed E-state index contributed by atoms with van der Waals surface area (Å²) < 4.78 is 6.60. The lowest BCUT2D eigenvalue weighted by Crippen LogP contribution is -2.13. The van der Waals surface area contributed by atoms with Gasteiger partial charge in [-0.05, 0) is 29.8 Å². The molecule has 0 spiro atoms. The number of hydrogen-bond donors (Lipinski definition) is 2. The van der Waals surface area contributed by atoms with E-state index in [9.17, 15) is 0 Å². The van der Waals surface area contributed by atoms with Gasteiger partial charge in [0.25, 0.3) is 0 Å². The van der Waals surface area contributed by atoms with Gasteiger partial charge in [-0.2, -0.15) is 0 Å². The molecule has 1 aromatic heterocycles. The Hall–Kier alpha value is -1.59. The van der Waals surface area contributed by atoms with Crippen LogP contribution in [0.4, 0.5) is 0 Å². The highest BCUT2D eigenvalue weighted by Crippen LogP contribution is 2.16. The summed E-state index contributed by atoms with van der Waals surface area (Å²) >= 11 is 3.37. The fourth-order valence-corrected chi connectivity index (χ4v) is 1.71. The van der Waals surface area contributed by atoms with Crippen LogP contribution in [-0.2, 0) is 6.61 Å². The van der Waals surface area contributed by atoms with E-state index in [0.717, 1.165) is 10.0 Å². The second kappa shape index (κ2) is 7.11. The van der Waals surface area contributed by atoms with Gasteiger partial charge in [-0.1, -0.05) is 28.1 Å². The molecular formula is C13H13BrClN3O. The maximum Gasteiger partial charge on any atom is 0.224 e. The largest absolute Gasteiger partial charge is 0.472 e. The van der Waals surface area contributed by atoms with Gasteiger partial charge in [0.05, 0.1) is 5.56 Å². The minimum absolute atomic E-state index is 0. The average Bonchev–Trinajstić information content (AvgIpc) is 2.38. The first-order valence-electron chi connectivity index (χ1n) is 5.33. The van der Waals surface area contributed by atoms with Crippen molar-refractivity contribution in [3.8, 4) is 5.88 Å². The van der Waals surface area contributed by atoms with Crippen molar-refractivity contribution < 1.29 is 4.74 Å². The minimum atomic E-state index is -0.0473. The van der Waals surface area contributed by atoms with Gasteiger partial charge < -0.3 is 10.5 Å². The number of nitrogens with zero attached hydrogens (tertiary/aromatic N) is 1. The fraction of sp³-hybridized carbons (Fsp3) is 0.0769. The smallest absolute Gasteiger partial charge is 0.224 e. The molecule has 1 aromatic carbocycles. The van der Waals surface area contributed by atoms with E-state index < -0.39 is 0 Å². The van der Waals surface area contributed by atoms with Crippen molar-refractivity contribution in [1.82, 2.24) is 4.98 Å². The summed E-state index contributed by atoms with van der Waals surface area (Å²) in [6.45, 7) is 0.393. The first-order valence-corrected chi connectivity index (χ1v) is 6.13. The van der Waals surface area contributed by atoms with Gasteiger partial charge in [0.2, 0.25) is 5.88 Å². The molecule has 0 saturated heterocycles. The molecule has 0 aliphatic rings. The van der Waals surface area contributed by atoms with Gasteiger partial charge in [-0.15, -0.1) is 12.4 Å². The van der Waals surface area contributed by atoms with E-state index in [4.69, 9.17) is 15.9 Å². The molecule has 0 fully saturated rings. The Morgan fingerprint density at radius 1 is 1.26 bits per heavy atom. The Labute approximate surface area is 126 Å². The molecular weight excluding hydrogens is 330 g/mol. The summed E-state index contributed by atoms with van der Waals surface area (Å²) in [5.74, 6) is 0.335. The van der Waals surface area contributed by atoms with Crippen molar-refractivity contribution in [2.45, 2.75) is 6.61 Å². The first-order chi connectivity index (χ1) is 8.66. The van der Waals surface area contributed by atoms with Crippen molar-refractivity contribution in [2.75, 3.05) is 0 Å². The molecule has 100 valence electrons. The zero-order chi connectivity index (χ0) is 13.0. The van der Waals surface area contributed by atoms with Gasteiger partial charge in [0.15, 0.2) is 0 Å². The van der Waals surface area contributed by atoms with Crippen LogP contribution in [0.2, 0.25) is 0 Å². The molecule has 0 unspecified atom stereocenters. The first kappa shape index (κ1) is 15.5. The van der Waals surface area contributed by atoms with E-state index in [1.54, 1.807) is 18.3 Å². The quantitative estimate of drug-likeness (QED) is 0.662. The second-order valence-electron chi connectivity index (χ2n) is 3.68. The topological polar surface area (TPSA) is 72.0 Å². The molecule has 0 bridgehead atoms. The number of benzene rings is 1. The standard InChI is InChI=1S/C13H12BrN3O.ClH/c14-10-5-3-9(4-6-10)8-18-13-11(12(15)16)2-1-7-17-13;/h1-7H,8H2,(H3,15,16);1H. The maximum atomic E-state index is 7.44. The summed E-state index contributed by atoms with van der Waals surface area (Å²) in [6.07, 6.45) is 1.61. The van der Waals surface area contributed by atoms with Gasteiger partial charge in [0, 0.05) is 10.7 Å². The normalized spacial score (nSPS) is 9.53. The van der Waals surface area contributed by atoms with Crippen LogP contribution in [0.25, 0.3) is 0 Å². The number of nitrogen functional groups attached to an aromatic ring is 1. The predicted octanol–water partition coefficient (Wildman–Crippen LogP) is 3.13. The van der Waals surface area contributed by atoms with Crippen LogP contribution in [0, 0.1) is 5.41 Å². The Kier molecular flexibility index (Phi) is 5.79. The molecule has 0 saturated carbocycles. The summed E-state index contributed by atoms with van der Waals surface area (Å²) in [7, 11) is 0. The number of hydrogen-bond acceptors (Lipinski definition) is 3. The predicted molar refractivity (Wildman–Crippen MR) is 81.0 cm³/mol. The Morgan fingerprint density at radius 2 is 1.95 bits per heavy atom. The van der Waals surface area contributed by atoms with Gasteiger partial charge in [-0.25, -0.2) is 4.98 Å². The lowest BCUT2D eigenvalue weighted by atomic mass is 10.2. The van der Waals surface area contributed by atoms with E-state index in [1.165, 1.54) is 0 Å². The highest BCUT2D eigenvalue weighted by molar-refractivity contribution is 9.10. The monoisotopic (exact) mass is 341 g/mol. The molecule has 0 amide bonds. The van der Waals surface area contributed by atoms with E-state index in [-0.39, 0.29) is 18.2 Å². The summed E-state index contributed by atoms with van der Waals surface area (Å²) in [5.41, 5.74) is 7.00. The molecule has 6 heteroatoms. The maximum absolute atomic E-state index is 7.44. The van der Waals surface area contributed by atoms with Crippen LogP contribution in [0.3, 0.4) is 0 Å². The minimum Gasteiger partial charge on any atom is -0.472 e. The second-order valence-corrected chi connectivity index (χ2v) is 4.60. The lowest BCUT2D eigenvalue weighted by Gasteiger charge is -2.09. The number of nitrogens with one attached hydrogen (secondary N) is 1. The van der Waals surface area contributed by atoms with Crippen molar-refractivity contribution >= 4 is 34.2 Å². The van der Waals surface area contributed by atoms with E-state index in [0.29, 0.717) is 18.1 Å².